The Bertz CT molecular complexity index is 1770. The Labute approximate surface area is 275 Å². The molecule has 0 bridgehead atoms. The number of rotatable bonds is 7. The van der Waals surface area contributed by atoms with Crippen LogP contribution in [0.5, 0.6) is 0 Å². The topological polar surface area (TPSA) is 0 Å². The van der Waals surface area contributed by atoms with E-state index in [1.165, 1.54) is 5.82 Å². The molecule has 0 nitrogen and oxygen atoms in total. The molecular weight excluding hydrogens is 680 g/mol. The second-order valence-electron chi connectivity index (χ2n) is 13.1. The molecule has 0 fully saturated rings. The molecule has 0 heterocycles. The van der Waals surface area contributed by atoms with Crippen molar-refractivity contribution in [1.29, 1.82) is 0 Å². The van der Waals surface area contributed by atoms with Gasteiger partial charge in [-0.3, -0.25) is 0 Å². The summed E-state index contributed by atoms with van der Waals surface area (Å²) in [5, 5.41) is 1.30. The first-order valence-corrected chi connectivity index (χ1v) is 19.7. The maximum absolute atomic E-state index is 15.7. The van der Waals surface area contributed by atoms with Crippen LogP contribution in [0.25, 0.3) is 0 Å². The van der Waals surface area contributed by atoms with E-state index in [1.807, 2.05) is 65.8 Å². The van der Waals surface area contributed by atoms with Crippen LogP contribution in [0.15, 0.2) is 35.2 Å². The minimum absolute atomic E-state index is 0.196. The smallest absolute Gasteiger partial charge is 0.204 e. The van der Waals surface area contributed by atoms with Gasteiger partial charge >= 0.3 is 0 Å². The first kappa shape index (κ1) is 37.5. The van der Waals surface area contributed by atoms with Crippen molar-refractivity contribution in [2.24, 2.45) is 0 Å². The van der Waals surface area contributed by atoms with Gasteiger partial charge in [-0.15, -0.1) is 0 Å². The molecule has 0 spiro atoms. The number of hydrogen-bond donors (Lipinski definition) is 0. The molecule has 0 aliphatic rings. The fraction of sp³-hybridized carbons (Fsp3) is 0.257. The van der Waals surface area contributed by atoms with Crippen LogP contribution in [-0.4, -0.2) is 14.8 Å². The zero-order valence-corrected chi connectivity index (χ0v) is 29.6. The van der Waals surface area contributed by atoms with E-state index in [2.05, 4.69) is 0 Å². The maximum Gasteiger partial charge on any atom is 0.249 e. The van der Waals surface area contributed by atoms with Crippen LogP contribution in [-0.2, 0) is 0 Å². The number of aryl methyl sites for hydroxylation is 6. The number of benzene rings is 4. The predicted molar refractivity (Wildman–Crippen MR) is 176 cm³/mol. The lowest BCUT2D eigenvalue weighted by molar-refractivity contribution is 0.382. The third-order valence-corrected chi connectivity index (χ3v) is 13.6. The summed E-state index contributed by atoms with van der Waals surface area (Å²) in [6.45, 7) is 13.2. The monoisotopic (exact) mass is 712 g/mol. The van der Waals surface area contributed by atoms with E-state index in [0.717, 1.165) is 44.0 Å². The highest BCUT2D eigenvalue weighted by Crippen LogP contribution is 2.44. The van der Waals surface area contributed by atoms with E-state index in [4.69, 9.17) is 0 Å². The Balaban J connectivity index is 2.33. The lowest BCUT2D eigenvalue weighted by Crippen LogP contribution is -2.56. The highest BCUT2D eigenvalue weighted by atomic mass is 31.1. The second-order valence-corrected chi connectivity index (χ2v) is 20.1. The molecule has 13 heteroatoms. The molecule has 0 saturated carbocycles. The second kappa shape index (κ2) is 13.5. The van der Waals surface area contributed by atoms with Crippen molar-refractivity contribution >= 4 is 44.2 Å². The lowest BCUT2D eigenvalue weighted by atomic mass is 9.39. The highest BCUT2D eigenvalue weighted by Gasteiger charge is 2.45. The molecule has 4 rings (SSSR count). The quantitative estimate of drug-likeness (QED) is 0.0591. The van der Waals surface area contributed by atoms with Gasteiger partial charge in [0.2, 0.25) is 6.71 Å². The van der Waals surface area contributed by atoms with Crippen molar-refractivity contribution in [3.05, 3.63) is 127 Å². The van der Waals surface area contributed by atoms with Crippen LogP contribution in [0.2, 0.25) is 19.6 Å². The Morgan fingerprint density at radius 3 is 0.979 bits per heavy atom. The average Bonchev–Trinajstić information content (AvgIpc) is 2.97. The molecular formula is C35H32BF10PSi. The summed E-state index contributed by atoms with van der Waals surface area (Å²) in [5.74, 6) is -23.1. The third kappa shape index (κ3) is 6.50. The molecule has 4 aromatic carbocycles. The predicted octanol–water partition coefficient (Wildman–Crippen LogP) is 8.97. The normalized spacial score (nSPS) is 12.4. The molecule has 0 atom stereocenters. The van der Waals surface area contributed by atoms with Gasteiger partial charge in [0.05, 0.1) is 8.07 Å². The van der Waals surface area contributed by atoms with Crippen molar-refractivity contribution in [3.8, 4) is 0 Å². The Hall–Kier alpha value is -3.37. The Morgan fingerprint density at radius 1 is 0.479 bits per heavy atom. The molecule has 0 aliphatic carbocycles. The Kier molecular flexibility index (Phi) is 10.5. The van der Waals surface area contributed by atoms with Gasteiger partial charge in [-0.05, 0) is 82.3 Å². The SMILES string of the molecule is Cc1cc(C)c(P(/C=C(\B(c2c(F)c(F)c(F)c(F)c2F)c2c(F)c(F)c(F)c(F)c2F)[Si](C)(C)C)c2c(C)cc(C)cc2C)c(C)c1. The summed E-state index contributed by atoms with van der Waals surface area (Å²) in [5.41, 5.74) is 1.54. The van der Waals surface area contributed by atoms with Crippen molar-refractivity contribution < 1.29 is 43.9 Å². The maximum atomic E-state index is 15.7. The molecule has 0 saturated heterocycles. The van der Waals surface area contributed by atoms with Gasteiger partial charge < -0.3 is 0 Å². The third-order valence-electron chi connectivity index (χ3n) is 8.26. The van der Waals surface area contributed by atoms with Gasteiger partial charge in [0, 0.05) is 10.9 Å². The number of halogens is 10. The van der Waals surface area contributed by atoms with E-state index in [1.54, 1.807) is 19.6 Å². The van der Waals surface area contributed by atoms with E-state index in [-0.39, 0.29) is 5.10 Å². The summed E-state index contributed by atoms with van der Waals surface area (Å²) in [6, 6.07) is 7.57. The van der Waals surface area contributed by atoms with E-state index < -0.39 is 91.8 Å². The Morgan fingerprint density at radius 2 is 0.729 bits per heavy atom. The van der Waals surface area contributed by atoms with Crippen LogP contribution in [0, 0.1) is 99.7 Å². The highest BCUT2D eigenvalue weighted by molar-refractivity contribution is 7.76. The summed E-state index contributed by atoms with van der Waals surface area (Å²) >= 11 is 0. The number of hydrogen-bond acceptors (Lipinski definition) is 0. The summed E-state index contributed by atoms with van der Waals surface area (Å²) < 4.78 is 151. The van der Waals surface area contributed by atoms with Gasteiger partial charge in [-0.25, -0.2) is 43.9 Å². The standard InChI is InChI=1S/C35H32BF10PSi/c1-15-10-17(3)34(18(4)11-15)47(35-19(5)12-16(2)13-20(35)6)14-21(48(7,8)9)36(22-24(37)28(41)32(45)29(42)25(22)38)23-26(39)30(43)33(46)31(44)27(23)40/h10-14H,1-9H3/b21-14+. The zero-order valence-electron chi connectivity index (χ0n) is 27.7. The average molecular weight is 712 g/mol. The molecule has 4 aromatic rings. The van der Waals surface area contributed by atoms with Gasteiger partial charge in [0.1, 0.15) is 0 Å². The molecule has 0 N–H and O–H groups in total. The van der Waals surface area contributed by atoms with Crippen molar-refractivity contribution in [2.75, 3.05) is 0 Å². The molecule has 48 heavy (non-hydrogen) atoms. The van der Waals surface area contributed by atoms with Crippen LogP contribution < -0.4 is 21.5 Å². The molecule has 0 aromatic heterocycles. The molecule has 0 aliphatic heterocycles. The van der Waals surface area contributed by atoms with Gasteiger partial charge in [-0.2, -0.15) is 0 Å². The molecule has 0 amide bonds. The largest absolute Gasteiger partial charge is 0.249 e. The summed E-state index contributed by atoms with van der Waals surface area (Å²) in [6.07, 6.45) is 0. The van der Waals surface area contributed by atoms with Crippen LogP contribution in [0.3, 0.4) is 0 Å². The lowest BCUT2D eigenvalue weighted by Gasteiger charge is -2.32. The summed E-state index contributed by atoms with van der Waals surface area (Å²) in [4.78, 5) is 0. The summed E-state index contributed by atoms with van der Waals surface area (Å²) in [7, 11) is -5.09. The van der Waals surface area contributed by atoms with Crippen LogP contribution in [0.1, 0.15) is 33.4 Å². The first-order chi connectivity index (χ1) is 22.1. The fourth-order valence-corrected chi connectivity index (χ4v) is 12.2. The zero-order chi connectivity index (χ0) is 36.3. The molecule has 0 unspecified atom stereocenters. The molecule has 0 radical (unpaired) electrons. The minimum Gasteiger partial charge on any atom is -0.204 e. The van der Waals surface area contributed by atoms with Gasteiger partial charge in [0.25, 0.3) is 0 Å². The van der Waals surface area contributed by atoms with Crippen molar-refractivity contribution in [2.45, 2.75) is 61.2 Å². The van der Waals surface area contributed by atoms with Gasteiger partial charge in [0.15, 0.2) is 58.2 Å². The van der Waals surface area contributed by atoms with E-state index in [0.29, 0.717) is 0 Å². The van der Waals surface area contributed by atoms with Crippen molar-refractivity contribution in [3.63, 3.8) is 0 Å². The van der Waals surface area contributed by atoms with Gasteiger partial charge in [-0.1, -0.05) is 65.9 Å². The first-order valence-electron chi connectivity index (χ1n) is 14.8. The van der Waals surface area contributed by atoms with E-state index in [9.17, 15) is 26.3 Å². The van der Waals surface area contributed by atoms with Crippen LogP contribution >= 0.6 is 7.92 Å². The molecule has 254 valence electrons. The minimum atomic E-state index is -3.29. The van der Waals surface area contributed by atoms with E-state index >= 15 is 17.6 Å². The van der Waals surface area contributed by atoms with Crippen molar-refractivity contribution in [1.82, 2.24) is 0 Å². The fourth-order valence-electron chi connectivity index (χ4n) is 6.39. The van der Waals surface area contributed by atoms with Crippen LogP contribution in [0.4, 0.5) is 43.9 Å².